The monoisotopic (exact) mass is 352 g/mol. The normalized spacial score (nSPS) is 15.6. The number of carbonyl (C=O) groups excluding carboxylic acids is 1. The molecule has 138 valence electrons. The molecule has 0 saturated carbocycles. The fourth-order valence-corrected chi connectivity index (χ4v) is 3.39. The van der Waals surface area contributed by atoms with Gasteiger partial charge in [0.1, 0.15) is 12.4 Å². The van der Waals surface area contributed by atoms with Gasteiger partial charge in [0.25, 0.3) is 5.91 Å². The third-order valence-corrected chi connectivity index (χ3v) is 4.99. The predicted molar refractivity (Wildman–Crippen MR) is 104 cm³/mol. The van der Waals surface area contributed by atoms with Crippen LogP contribution in [0.15, 0.2) is 54.6 Å². The van der Waals surface area contributed by atoms with Gasteiger partial charge >= 0.3 is 0 Å². The molecular weight excluding hydrogens is 324 g/mol. The maximum Gasteiger partial charge on any atom is 0.251 e. The van der Waals surface area contributed by atoms with E-state index in [-0.39, 0.29) is 5.91 Å². The van der Waals surface area contributed by atoms with Gasteiger partial charge in [-0.15, -0.1) is 0 Å². The average molecular weight is 352 g/mol. The van der Waals surface area contributed by atoms with E-state index in [0.29, 0.717) is 24.8 Å². The first-order valence-corrected chi connectivity index (χ1v) is 9.55. The van der Waals surface area contributed by atoms with E-state index in [2.05, 4.69) is 17.1 Å². The SMILES string of the molecule is CCC(CNC(=O)c1ccc(OCc2ccccc2)cc1)N1CCCC1. The van der Waals surface area contributed by atoms with Crippen molar-refractivity contribution >= 4 is 5.91 Å². The van der Waals surface area contributed by atoms with Gasteiger partial charge in [-0.3, -0.25) is 9.69 Å². The first-order chi connectivity index (χ1) is 12.8. The topological polar surface area (TPSA) is 41.6 Å². The highest BCUT2D eigenvalue weighted by Crippen LogP contribution is 2.16. The van der Waals surface area contributed by atoms with Crippen LogP contribution in [0.3, 0.4) is 0 Å². The molecule has 1 unspecified atom stereocenters. The molecule has 1 fully saturated rings. The van der Waals surface area contributed by atoms with Crippen molar-refractivity contribution in [2.75, 3.05) is 19.6 Å². The zero-order chi connectivity index (χ0) is 18.2. The Bertz CT molecular complexity index is 679. The maximum absolute atomic E-state index is 12.4. The minimum Gasteiger partial charge on any atom is -0.489 e. The third-order valence-electron chi connectivity index (χ3n) is 4.99. The standard InChI is InChI=1S/C22H28N2O2/c1-2-20(24-14-6-7-15-24)16-23-22(25)19-10-12-21(13-11-19)26-17-18-8-4-3-5-9-18/h3-5,8-13,20H,2,6-7,14-17H2,1H3,(H,23,25). The number of nitrogens with zero attached hydrogens (tertiary/aromatic N) is 1. The first kappa shape index (κ1) is 18.5. The van der Waals surface area contributed by atoms with Crippen LogP contribution in [0.2, 0.25) is 0 Å². The van der Waals surface area contributed by atoms with Crippen molar-refractivity contribution in [1.29, 1.82) is 0 Å². The molecule has 0 radical (unpaired) electrons. The van der Waals surface area contributed by atoms with Crippen LogP contribution < -0.4 is 10.1 Å². The van der Waals surface area contributed by atoms with Gasteiger partial charge in [-0.25, -0.2) is 0 Å². The van der Waals surface area contributed by atoms with Gasteiger partial charge in [0.15, 0.2) is 0 Å². The number of rotatable bonds is 8. The van der Waals surface area contributed by atoms with Crippen molar-refractivity contribution in [3.8, 4) is 5.75 Å². The quantitative estimate of drug-likeness (QED) is 0.784. The van der Waals surface area contributed by atoms with Crippen molar-refractivity contribution in [3.05, 3.63) is 65.7 Å². The lowest BCUT2D eigenvalue weighted by Gasteiger charge is -2.26. The lowest BCUT2D eigenvalue weighted by molar-refractivity contribution is 0.0937. The summed E-state index contributed by atoms with van der Waals surface area (Å²) in [4.78, 5) is 14.9. The molecule has 0 aliphatic carbocycles. The summed E-state index contributed by atoms with van der Waals surface area (Å²) in [6.45, 7) is 5.74. The third kappa shape index (κ3) is 5.09. The van der Waals surface area contributed by atoms with E-state index < -0.39 is 0 Å². The molecule has 1 amide bonds. The molecule has 1 aliphatic rings. The second-order valence-corrected chi connectivity index (χ2v) is 6.81. The fraction of sp³-hybridized carbons (Fsp3) is 0.409. The Morgan fingerprint density at radius 2 is 1.77 bits per heavy atom. The maximum atomic E-state index is 12.4. The van der Waals surface area contributed by atoms with Gasteiger partial charge in [0.05, 0.1) is 0 Å². The van der Waals surface area contributed by atoms with Gasteiger partial charge in [0.2, 0.25) is 0 Å². The van der Waals surface area contributed by atoms with E-state index in [1.807, 2.05) is 54.6 Å². The van der Waals surface area contributed by atoms with Crippen molar-refractivity contribution in [3.63, 3.8) is 0 Å². The van der Waals surface area contributed by atoms with Crippen LogP contribution in [-0.2, 0) is 6.61 Å². The number of hydrogen-bond acceptors (Lipinski definition) is 3. The van der Waals surface area contributed by atoms with E-state index in [1.165, 1.54) is 12.8 Å². The van der Waals surface area contributed by atoms with Crippen molar-refractivity contribution in [2.45, 2.75) is 38.8 Å². The molecular formula is C22H28N2O2. The van der Waals surface area contributed by atoms with Crippen LogP contribution >= 0.6 is 0 Å². The van der Waals surface area contributed by atoms with Gasteiger partial charge in [0, 0.05) is 18.2 Å². The summed E-state index contributed by atoms with van der Waals surface area (Å²) in [5.74, 6) is 0.756. The highest BCUT2D eigenvalue weighted by molar-refractivity contribution is 5.94. The average Bonchev–Trinajstić information content (AvgIpc) is 3.22. The van der Waals surface area contributed by atoms with E-state index in [4.69, 9.17) is 4.74 Å². The Balaban J connectivity index is 1.48. The van der Waals surface area contributed by atoms with Gasteiger partial charge in [-0.2, -0.15) is 0 Å². The van der Waals surface area contributed by atoms with E-state index in [9.17, 15) is 4.79 Å². The summed E-state index contributed by atoms with van der Waals surface area (Å²) in [6.07, 6.45) is 3.61. The highest BCUT2D eigenvalue weighted by atomic mass is 16.5. The van der Waals surface area contributed by atoms with Crippen LogP contribution in [0.4, 0.5) is 0 Å². The van der Waals surface area contributed by atoms with Crippen LogP contribution in [0.1, 0.15) is 42.1 Å². The van der Waals surface area contributed by atoms with Crippen LogP contribution in [-0.4, -0.2) is 36.5 Å². The molecule has 3 rings (SSSR count). The van der Waals surface area contributed by atoms with Crippen LogP contribution in [0.5, 0.6) is 5.75 Å². The highest BCUT2D eigenvalue weighted by Gasteiger charge is 2.20. The second kappa shape index (κ2) is 9.39. The Hall–Kier alpha value is -2.33. The Kier molecular flexibility index (Phi) is 6.67. The minimum absolute atomic E-state index is 0.0164. The van der Waals surface area contributed by atoms with Gasteiger partial charge in [-0.1, -0.05) is 37.3 Å². The molecule has 26 heavy (non-hydrogen) atoms. The Morgan fingerprint density at radius 3 is 2.42 bits per heavy atom. The van der Waals surface area contributed by atoms with Gasteiger partial charge < -0.3 is 10.1 Å². The molecule has 1 saturated heterocycles. The van der Waals surface area contributed by atoms with Crippen molar-refractivity contribution < 1.29 is 9.53 Å². The molecule has 2 aromatic carbocycles. The van der Waals surface area contributed by atoms with Gasteiger partial charge in [-0.05, 0) is 62.2 Å². The van der Waals surface area contributed by atoms with E-state index in [0.717, 1.165) is 30.8 Å². The smallest absolute Gasteiger partial charge is 0.251 e. The second-order valence-electron chi connectivity index (χ2n) is 6.81. The number of nitrogens with one attached hydrogen (secondary N) is 1. The molecule has 1 atom stereocenters. The van der Waals surface area contributed by atoms with Crippen LogP contribution in [0, 0.1) is 0 Å². The van der Waals surface area contributed by atoms with Crippen molar-refractivity contribution in [2.24, 2.45) is 0 Å². The first-order valence-electron chi connectivity index (χ1n) is 9.55. The molecule has 4 heteroatoms. The molecule has 2 aromatic rings. The number of benzene rings is 2. The summed E-state index contributed by atoms with van der Waals surface area (Å²) < 4.78 is 5.77. The fourth-order valence-electron chi connectivity index (χ4n) is 3.39. The van der Waals surface area contributed by atoms with Crippen LogP contribution in [0.25, 0.3) is 0 Å². The minimum atomic E-state index is -0.0164. The Morgan fingerprint density at radius 1 is 1.08 bits per heavy atom. The molecule has 1 aliphatic heterocycles. The molecule has 0 aromatic heterocycles. The van der Waals surface area contributed by atoms with E-state index in [1.54, 1.807) is 0 Å². The zero-order valence-electron chi connectivity index (χ0n) is 15.5. The lowest BCUT2D eigenvalue weighted by Crippen LogP contribution is -2.42. The molecule has 0 bridgehead atoms. The summed E-state index contributed by atoms with van der Waals surface area (Å²) in [7, 11) is 0. The lowest BCUT2D eigenvalue weighted by atomic mass is 10.1. The summed E-state index contributed by atoms with van der Waals surface area (Å²) in [6, 6.07) is 17.9. The number of amides is 1. The number of likely N-dealkylation sites (tertiary alicyclic amines) is 1. The zero-order valence-corrected chi connectivity index (χ0v) is 15.5. The summed E-state index contributed by atoms with van der Waals surface area (Å²) in [5.41, 5.74) is 1.80. The molecule has 4 nitrogen and oxygen atoms in total. The summed E-state index contributed by atoms with van der Waals surface area (Å²) >= 11 is 0. The number of hydrogen-bond donors (Lipinski definition) is 1. The molecule has 1 heterocycles. The number of carbonyl (C=O) groups is 1. The number of ether oxygens (including phenoxy) is 1. The summed E-state index contributed by atoms with van der Waals surface area (Å²) in [5, 5.41) is 3.08. The Labute approximate surface area is 156 Å². The predicted octanol–water partition coefficient (Wildman–Crippen LogP) is 3.87. The van der Waals surface area contributed by atoms with Crippen molar-refractivity contribution in [1.82, 2.24) is 10.2 Å². The molecule has 0 spiro atoms. The van der Waals surface area contributed by atoms with E-state index >= 15 is 0 Å². The largest absolute Gasteiger partial charge is 0.489 e. The molecule has 1 N–H and O–H groups in total.